The Morgan fingerprint density at radius 3 is 2.16 bits per heavy atom. The molecule has 0 saturated heterocycles. The predicted octanol–water partition coefficient (Wildman–Crippen LogP) is 10.6. The second kappa shape index (κ2) is 11.7. The fourth-order valence-electron chi connectivity index (χ4n) is 6.02. The van der Waals surface area contributed by atoms with Crippen molar-refractivity contribution in [3.05, 3.63) is 162 Å². The van der Waals surface area contributed by atoms with E-state index in [0.29, 0.717) is 17.3 Å². The van der Waals surface area contributed by atoms with Crippen LogP contribution in [0.3, 0.4) is 0 Å². The minimum atomic E-state index is 0.342. The van der Waals surface area contributed by atoms with E-state index >= 15 is 0 Å². The standard InChI is InChI=1S/C41H31N3O/c1-26-22-27(2)24-31(23-26)41-44-38-21-17-30(25-39(38)45-41)33-18-16-28-10-6-7-13-32(28)40(33)35-15-9-8-14-34(35)37(43)20-19-36(42)29-11-4-3-5-12-29/h3-25,42-43H,1-2H3/b20-19-,42-36?,43-37?. The van der Waals surface area contributed by atoms with Crippen molar-refractivity contribution < 1.29 is 4.42 Å². The number of aryl methyl sites for hydroxylation is 2. The Labute approximate surface area is 262 Å². The molecule has 0 radical (unpaired) electrons. The topological polar surface area (TPSA) is 73.7 Å². The van der Waals surface area contributed by atoms with Gasteiger partial charge in [-0.15, -0.1) is 0 Å². The van der Waals surface area contributed by atoms with E-state index in [1.54, 1.807) is 12.2 Å². The molecule has 0 aliphatic heterocycles. The third-order valence-corrected chi connectivity index (χ3v) is 8.09. The van der Waals surface area contributed by atoms with Gasteiger partial charge in [-0.3, -0.25) is 0 Å². The molecule has 2 N–H and O–H groups in total. The second-order valence-corrected chi connectivity index (χ2v) is 11.4. The monoisotopic (exact) mass is 581 g/mol. The molecule has 0 spiro atoms. The van der Waals surface area contributed by atoms with E-state index in [9.17, 15) is 0 Å². The molecule has 0 saturated carbocycles. The van der Waals surface area contributed by atoms with Crippen LogP contribution in [0.1, 0.15) is 22.3 Å². The zero-order valence-electron chi connectivity index (χ0n) is 25.1. The van der Waals surface area contributed by atoms with Crippen molar-refractivity contribution >= 4 is 33.3 Å². The van der Waals surface area contributed by atoms with Gasteiger partial charge in [-0.1, -0.05) is 114 Å². The lowest BCUT2D eigenvalue weighted by molar-refractivity contribution is 0.620. The van der Waals surface area contributed by atoms with Crippen molar-refractivity contribution in [3.63, 3.8) is 0 Å². The molecular formula is C41H31N3O. The smallest absolute Gasteiger partial charge is 0.227 e. The summed E-state index contributed by atoms with van der Waals surface area (Å²) in [5.41, 5.74) is 11.2. The molecule has 0 aliphatic carbocycles. The fraction of sp³-hybridized carbons (Fsp3) is 0.0488. The summed E-state index contributed by atoms with van der Waals surface area (Å²) in [6.45, 7) is 4.17. The van der Waals surface area contributed by atoms with Gasteiger partial charge in [-0.2, -0.15) is 0 Å². The molecule has 7 rings (SSSR count). The van der Waals surface area contributed by atoms with Crippen LogP contribution in [0, 0.1) is 24.7 Å². The highest BCUT2D eigenvalue weighted by Crippen LogP contribution is 2.41. The van der Waals surface area contributed by atoms with Crippen molar-refractivity contribution in [1.29, 1.82) is 10.8 Å². The van der Waals surface area contributed by atoms with Crippen LogP contribution in [0.4, 0.5) is 0 Å². The molecule has 7 aromatic rings. The van der Waals surface area contributed by atoms with E-state index in [2.05, 4.69) is 80.6 Å². The van der Waals surface area contributed by atoms with Crippen molar-refractivity contribution in [2.24, 2.45) is 0 Å². The predicted molar refractivity (Wildman–Crippen MR) is 187 cm³/mol. The van der Waals surface area contributed by atoms with Crippen LogP contribution < -0.4 is 0 Å². The Hall–Kier alpha value is -5.87. The van der Waals surface area contributed by atoms with Gasteiger partial charge in [0.2, 0.25) is 5.89 Å². The normalized spacial score (nSPS) is 11.4. The molecule has 1 heterocycles. The molecule has 0 atom stereocenters. The maximum absolute atomic E-state index is 9.07. The molecule has 0 unspecified atom stereocenters. The van der Waals surface area contributed by atoms with E-state index in [4.69, 9.17) is 20.2 Å². The number of oxazole rings is 1. The molecule has 4 nitrogen and oxygen atoms in total. The van der Waals surface area contributed by atoms with Crippen molar-refractivity contribution in [2.75, 3.05) is 0 Å². The molecule has 0 aliphatic rings. The summed E-state index contributed by atoms with van der Waals surface area (Å²) in [4.78, 5) is 4.80. The quantitative estimate of drug-likeness (QED) is 0.184. The average Bonchev–Trinajstić information content (AvgIpc) is 3.50. The first-order chi connectivity index (χ1) is 21.9. The van der Waals surface area contributed by atoms with Crippen LogP contribution in [0.25, 0.3) is 55.6 Å². The highest BCUT2D eigenvalue weighted by Gasteiger charge is 2.18. The fourth-order valence-corrected chi connectivity index (χ4v) is 6.02. The van der Waals surface area contributed by atoms with Gasteiger partial charge in [0.25, 0.3) is 0 Å². The minimum Gasteiger partial charge on any atom is -0.436 e. The third-order valence-electron chi connectivity index (χ3n) is 8.09. The minimum absolute atomic E-state index is 0.342. The lowest BCUT2D eigenvalue weighted by Crippen LogP contribution is -2.01. The first kappa shape index (κ1) is 27.9. The highest BCUT2D eigenvalue weighted by atomic mass is 16.3. The van der Waals surface area contributed by atoms with E-state index in [0.717, 1.165) is 60.8 Å². The number of benzene rings is 6. The van der Waals surface area contributed by atoms with E-state index < -0.39 is 0 Å². The lowest BCUT2D eigenvalue weighted by atomic mass is 9.86. The lowest BCUT2D eigenvalue weighted by Gasteiger charge is -2.17. The zero-order chi connectivity index (χ0) is 30.9. The van der Waals surface area contributed by atoms with Crippen LogP contribution in [0.2, 0.25) is 0 Å². The van der Waals surface area contributed by atoms with Crippen LogP contribution in [-0.4, -0.2) is 16.4 Å². The Bertz CT molecular complexity index is 2250. The Morgan fingerprint density at radius 2 is 1.33 bits per heavy atom. The SMILES string of the molecule is Cc1cc(C)cc(-c2nc3ccc(-c4ccc5ccccc5c4-c4ccccc4C(=N)/C=C\C(=N)c4ccccc4)cc3o2)c1. The first-order valence-electron chi connectivity index (χ1n) is 15.0. The molecular weight excluding hydrogens is 550 g/mol. The van der Waals surface area contributed by atoms with Gasteiger partial charge >= 0.3 is 0 Å². The first-order valence-corrected chi connectivity index (χ1v) is 15.0. The summed E-state index contributed by atoms with van der Waals surface area (Å²) in [6.07, 6.45) is 3.41. The number of hydrogen-bond donors (Lipinski definition) is 2. The number of nitrogens with zero attached hydrogens (tertiary/aromatic N) is 1. The van der Waals surface area contributed by atoms with Crippen LogP contribution in [0.5, 0.6) is 0 Å². The number of fused-ring (bicyclic) bond motifs is 2. The highest BCUT2D eigenvalue weighted by molar-refractivity contribution is 6.18. The molecule has 6 aromatic carbocycles. The number of nitrogens with one attached hydrogen (secondary N) is 2. The molecule has 1 aromatic heterocycles. The van der Waals surface area contributed by atoms with Gasteiger partial charge < -0.3 is 15.2 Å². The van der Waals surface area contributed by atoms with Crippen LogP contribution in [0.15, 0.2) is 144 Å². The Kier molecular flexibility index (Phi) is 7.24. The average molecular weight is 582 g/mol. The molecule has 0 amide bonds. The van der Waals surface area contributed by atoms with Crippen molar-refractivity contribution in [1.82, 2.24) is 4.98 Å². The van der Waals surface area contributed by atoms with E-state index in [-0.39, 0.29) is 0 Å². The summed E-state index contributed by atoms with van der Waals surface area (Å²) in [7, 11) is 0. The molecule has 4 heteroatoms. The van der Waals surface area contributed by atoms with Gasteiger partial charge in [-0.25, -0.2) is 4.98 Å². The van der Waals surface area contributed by atoms with Gasteiger partial charge in [-0.05, 0) is 88.9 Å². The van der Waals surface area contributed by atoms with Crippen LogP contribution >= 0.6 is 0 Å². The van der Waals surface area contributed by atoms with Crippen LogP contribution in [-0.2, 0) is 0 Å². The second-order valence-electron chi connectivity index (χ2n) is 11.4. The van der Waals surface area contributed by atoms with E-state index in [1.807, 2.05) is 60.7 Å². The number of aromatic nitrogens is 1. The summed E-state index contributed by atoms with van der Waals surface area (Å²) in [5.74, 6) is 0.610. The van der Waals surface area contributed by atoms with Gasteiger partial charge in [0, 0.05) is 11.1 Å². The van der Waals surface area contributed by atoms with E-state index in [1.165, 1.54) is 11.1 Å². The van der Waals surface area contributed by atoms with Gasteiger partial charge in [0.05, 0.1) is 11.4 Å². The molecule has 216 valence electrons. The summed E-state index contributed by atoms with van der Waals surface area (Å²) < 4.78 is 6.34. The van der Waals surface area contributed by atoms with Gasteiger partial charge in [0.15, 0.2) is 5.58 Å². The Balaban J connectivity index is 1.34. The molecule has 0 bridgehead atoms. The van der Waals surface area contributed by atoms with Crippen molar-refractivity contribution in [2.45, 2.75) is 13.8 Å². The number of hydrogen-bond acceptors (Lipinski definition) is 4. The third kappa shape index (κ3) is 5.50. The summed E-state index contributed by atoms with van der Waals surface area (Å²) in [5, 5.41) is 19.8. The summed E-state index contributed by atoms with van der Waals surface area (Å²) >= 11 is 0. The molecule has 0 fully saturated rings. The maximum Gasteiger partial charge on any atom is 0.227 e. The summed E-state index contributed by atoms with van der Waals surface area (Å²) in [6, 6.07) is 42.8. The zero-order valence-corrected chi connectivity index (χ0v) is 25.1. The Morgan fingerprint density at radius 1 is 0.622 bits per heavy atom. The van der Waals surface area contributed by atoms with Crippen molar-refractivity contribution in [3.8, 4) is 33.7 Å². The van der Waals surface area contributed by atoms with Gasteiger partial charge in [0.1, 0.15) is 5.52 Å². The maximum atomic E-state index is 9.07. The number of rotatable bonds is 7. The largest absolute Gasteiger partial charge is 0.436 e. The molecule has 45 heavy (non-hydrogen) atoms. The number of allylic oxidation sites excluding steroid dienone is 2.